The lowest BCUT2D eigenvalue weighted by atomic mass is 10.1. The van der Waals surface area contributed by atoms with Gasteiger partial charge in [-0.15, -0.1) is 0 Å². The highest BCUT2D eigenvalue weighted by atomic mass is 79.9. The molecule has 0 radical (unpaired) electrons. The SMILES string of the molecule is CC(C)CN(Cc1ccccc1)c1ccc(Br)cc1N. The number of anilines is 2. The van der Waals surface area contributed by atoms with Crippen LogP contribution in [0.15, 0.2) is 53.0 Å². The van der Waals surface area contributed by atoms with Gasteiger partial charge in [-0.25, -0.2) is 0 Å². The molecule has 0 atom stereocenters. The monoisotopic (exact) mass is 332 g/mol. The van der Waals surface area contributed by atoms with Crippen LogP contribution < -0.4 is 10.6 Å². The molecule has 0 heterocycles. The Morgan fingerprint density at radius 1 is 1.10 bits per heavy atom. The van der Waals surface area contributed by atoms with Gasteiger partial charge in [-0.05, 0) is 29.7 Å². The number of nitrogens with two attached hydrogens (primary N) is 1. The topological polar surface area (TPSA) is 29.3 Å². The quantitative estimate of drug-likeness (QED) is 0.804. The molecule has 20 heavy (non-hydrogen) atoms. The standard InChI is InChI=1S/C17H21BrN2/c1-13(2)11-20(12-14-6-4-3-5-7-14)17-9-8-15(18)10-16(17)19/h3-10,13H,11-12,19H2,1-2H3. The highest BCUT2D eigenvalue weighted by Crippen LogP contribution is 2.28. The molecule has 106 valence electrons. The third-order valence-electron chi connectivity index (χ3n) is 3.13. The molecule has 2 nitrogen and oxygen atoms in total. The van der Waals surface area contributed by atoms with E-state index in [-0.39, 0.29) is 0 Å². The average molecular weight is 333 g/mol. The molecule has 0 spiro atoms. The second-order valence-electron chi connectivity index (χ2n) is 5.46. The zero-order valence-electron chi connectivity index (χ0n) is 12.0. The molecular weight excluding hydrogens is 312 g/mol. The van der Waals surface area contributed by atoms with Crippen LogP contribution in [0, 0.1) is 5.92 Å². The van der Waals surface area contributed by atoms with Gasteiger partial charge in [0.05, 0.1) is 11.4 Å². The van der Waals surface area contributed by atoms with E-state index in [1.54, 1.807) is 0 Å². The Kier molecular flexibility index (Phi) is 5.07. The third-order valence-corrected chi connectivity index (χ3v) is 3.63. The summed E-state index contributed by atoms with van der Waals surface area (Å²) in [6.07, 6.45) is 0. The lowest BCUT2D eigenvalue weighted by Crippen LogP contribution is -2.27. The zero-order valence-corrected chi connectivity index (χ0v) is 13.6. The first-order chi connectivity index (χ1) is 9.56. The molecule has 2 N–H and O–H groups in total. The maximum Gasteiger partial charge on any atom is 0.0603 e. The summed E-state index contributed by atoms with van der Waals surface area (Å²) >= 11 is 3.46. The second kappa shape index (κ2) is 6.80. The van der Waals surface area contributed by atoms with Gasteiger partial charge in [0.1, 0.15) is 0 Å². The van der Waals surface area contributed by atoms with E-state index in [1.807, 2.05) is 18.2 Å². The Morgan fingerprint density at radius 3 is 2.40 bits per heavy atom. The number of benzene rings is 2. The van der Waals surface area contributed by atoms with E-state index < -0.39 is 0 Å². The molecular formula is C17H21BrN2. The van der Waals surface area contributed by atoms with E-state index in [0.29, 0.717) is 5.92 Å². The van der Waals surface area contributed by atoms with Crippen LogP contribution >= 0.6 is 15.9 Å². The van der Waals surface area contributed by atoms with Crippen LogP contribution in [0.5, 0.6) is 0 Å². The Labute approximate surface area is 129 Å². The van der Waals surface area contributed by atoms with Crippen molar-refractivity contribution < 1.29 is 0 Å². The first-order valence-electron chi connectivity index (χ1n) is 6.90. The fourth-order valence-electron chi connectivity index (χ4n) is 2.31. The fourth-order valence-corrected chi connectivity index (χ4v) is 2.68. The van der Waals surface area contributed by atoms with Crippen molar-refractivity contribution in [3.05, 3.63) is 58.6 Å². The molecule has 0 aliphatic rings. The van der Waals surface area contributed by atoms with Gasteiger partial charge in [0.2, 0.25) is 0 Å². The molecule has 0 aromatic heterocycles. The number of halogens is 1. The van der Waals surface area contributed by atoms with Crippen LogP contribution in [0.3, 0.4) is 0 Å². The minimum absolute atomic E-state index is 0.585. The molecule has 3 heteroatoms. The van der Waals surface area contributed by atoms with E-state index in [9.17, 15) is 0 Å². The van der Waals surface area contributed by atoms with Crippen molar-refractivity contribution in [2.45, 2.75) is 20.4 Å². The van der Waals surface area contributed by atoms with Crippen molar-refractivity contribution in [1.82, 2.24) is 0 Å². The molecule has 0 bridgehead atoms. The number of rotatable bonds is 5. The largest absolute Gasteiger partial charge is 0.397 e. The minimum atomic E-state index is 0.585. The second-order valence-corrected chi connectivity index (χ2v) is 6.38. The summed E-state index contributed by atoms with van der Waals surface area (Å²) in [4.78, 5) is 2.35. The third kappa shape index (κ3) is 4.01. The first kappa shape index (κ1) is 14.9. The highest BCUT2D eigenvalue weighted by Gasteiger charge is 2.12. The highest BCUT2D eigenvalue weighted by molar-refractivity contribution is 9.10. The van der Waals surface area contributed by atoms with Gasteiger partial charge in [-0.3, -0.25) is 0 Å². The average Bonchev–Trinajstić information content (AvgIpc) is 2.38. The normalized spacial score (nSPS) is 10.8. The van der Waals surface area contributed by atoms with Crippen LogP contribution in [0.2, 0.25) is 0 Å². The molecule has 0 saturated heterocycles. The molecule has 2 rings (SSSR count). The molecule has 0 aliphatic carbocycles. The number of hydrogen-bond donors (Lipinski definition) is 1. The maximum absolute atomic E-state index is 6.18. The summed E-state index contributed by atoms with van der Waals surface area (Å²) in [5, 5.41) is 0. The Balaban J connectivity index is 2.27. The molecule has 0 aliphatic heterocycles. The van der Waals surface area contributed by atoms with E-state index >= 15 is 0 Å². The molecule has 0 fully saturated rings. The lowest BCUT2D eigenvalue weighted by Gasteiger charge is -2.28. The smallest absolute Gasteiger partial charge is 0.0603 e. The lowest BCUT2D eigenvalue weighted by molar-refractivity contribution is 0.609. The van der Waals surface area contributed by atoms with Crippen LogP contribution in [-0.4, -0.2) is 6.54 Å². The van der Waals surface area contributed by atoms with Gasteiger partial charge in [0.25, 0.3) is 0 Å². The summed E-state index contributed by atoms with van der Waals surface area (Å²) in [7, 11) is 0. The van der Waals surface area contributed by atoms with E-state index in [1.165, 1.54) is 5.56 Å². The van der Waals surface area contributed by atoms with Gasteiger partial charge >= 0.3 is 0 Å². The van der Waals surface area contributed by atoms with Gasteiger partial charge in [0, 0.05) is 17.6 Å². The summed E-state index contributed by atoms with van der Waals surface area (Å²) < 4.78 is 1.02. The van der Waals surface area contributed by atoms with Gasteiger partial charge in [-0.1, -0.05) is 60.1 Å². The maximum atomic E-state index is 6.18. The summed E-state index contributed by atoms with van der Waals surface area (Å²) in [6, 6.07) is 16.6. The number of nitrogen functional groups attached to an aromatic ring is 1. The van der Waals surface area contributed by atoms with Crippen LogP contribution in [0.25, 0.3) is 0 Å². The summed E-state index contributed by atoms with van der Waals surface area (Å²) in [6.45, 7) is 6.33. The van der Waals surface area contributed by atoms with E-state index in [4.69, 9.17) is 5.73 Å². The summed E-state index contributed by atoms with van der Waals surface area (Å²) in [5.74, 6) is 0.585. The van der Waals surface area contributed by atoms with Crippen molar-refractivity contribution in [3.8, 4) is 0 Å². The molecule has 0 saturated carbocycles. The van der Waals surface area contributed by atoms with Crippen LogP contribution in [0.1, 0.15) is 19.4 Å². The molecule has 0 amide bonds. The van der Waals surface area contributed by atoms with Crippen molar-refractivity contribution in [3.63, 3.8) is 0 Å². The van der Waals surface area contributed by atoms with Crippen LogP contribution in [-0.2, 0) is 6.54 Å². The zero-order chi connectivity index (χ0) is 14.5. The van der Waals surface area contributed by atoms with Crippen molar-refractivity contribution in [2.75, 3.05) is 17.2 Å². The Bertz CT molecular complexity index is 552. The molecule has 2 aromatic carbocycles. The summed E-state index contributed by atoms with van der Waals surface area (Å²) in [5.41, 5.74) is 9.40. The predicted molar refractivity (Wildman–Crippen MR) is 90.9 cm³/mol. The predicted octanol–water partition coefficient (Wildman–Crippen LogP) is 4.69. The van der Waals surface area contributed by atoms with Crippen LogP contribution in [0.4, 0.5) is 11.4 Å². The van der Waals surface area contributed by atoms with E-state index in [0.717, 1.165) is 28.9 Å². The van der Waals surface area contributed by atoms with E-state index in [2.05, 4.69) is 65.0 Å². The molecule has 0 unspecified atom stereocenters. The minimum Gasteiger partial charge on any atom is -0.397 e. The fraction of sp³-hybridized carbons (Fsp3) is 0.294. The van der Waals surface area contributed by atoms with Crippen molar-refractivity contribution in [1.29, 1.82) is 0 Å². The Morgan fingerprint density at radius 2 is 1.80 bits per heavy atom. The van der Waals surface area contributed by atoms with Crippen molar-refractivity contribution >= 4 is 27.3 Å². The van der Waals surface area contributed by atoms with Crippen molar-refractivity contribution in [2.24, 2.45) is 5.92 Å². The van der Waals surface area contributed by atoms with Gasteiger partial charge in [-0.2, -0.15) is 0 Å². The van der Waals surface area contributed by atoms with Gasteiger partial charge < -0.3 is 10.6 Å². The molecule has 2 aromatic rings. The van der Waals surface area contributed by atoms with Gasteiger partial charge in [0.15, 0.2) is 0 Å². The Hall–Kier alpha value is -1.48. The number of hydrogen-bond acceptors (Lipinski definition) is 2. The first-order valence-corrected chi connectivity index (χ1v) is 7.69. The number of nitrogens with zero attached hydrogens (tertiary/aromatic N) is 1.